The summed E-state index contributed by atoms with van der Waals surface area (Å²) < 4.78 is 56.4. The molecule has 0 spiro atoms. The Morgan fingerprint density at radius 3 is 2.58 bits per heavy atom. The van der Waals surface area contributed by atoms with Crippen molar-refractivity contribution in [1.29, 1.82) is 0 Å². The Balaban J connectivity index is 1.66. The zero-order valence-electron chi connectivity index (χ0n) is 13.8. The van der Waals surface area contributed by atoms with Crippen LogP contribution in [0.25, 0.3) is 0 Å². The van der Waals surface area contributed by atoms with Crippen molar-refractivity contribution in [2.75, 3.05) is 25.0 Å². The zero-order valence-corrected chi connectivity index (χ0v) is 13.8. The van der Waals surface area contributed by atoms with Gasteiger partial charge in [0.25, 0.3) is 0 Å². The van der Waals surface area contributed by atoms with E-state index in [0.29, 0.717) is 13.0 Å². The molecule has 4 nitrogen and oxygen atoms in total. The Hall–Kier alpha value is -2.77. The Kier molecular flexibility index (Phi) is 6.82. The van der Waals surface area contributed by atoms with Crippen molar-refractivity contribution >= 4 is 11.6 Å². The highest BCUT2D eigenvalue weighted by molar-refractivity contribution is 5.80. The van der Waals surface area contributed by atoms with Gasteiger partial charge in [0.2, 0.25) is 5.91 Å². The van der Waals surface area contributed by atoms with Gasteiger partial charge in [-0.1, -0.05) is 18.2 Å². The van der Waals surface area contributed by atoms with Gasteiger partial charge < -0.3 is 15.4 Å². The summed E-state index contributed by atoms with van der Waals surface area (Å²) in [6.07, 6.45) is -3.97. The lowest BCUT2D eigenvalue weighted by atomic mass is 10.2. The molecule has 0 fully saturated rings. The number of hydrogen-bond donors (Lipinski definition) is 2. The standard InChI is InChI=1S/C18H18F4N2O2/c19-15-7-1-2-8-16(15)26-10-4-9-23-17(25)12-24-14-6-3-5-13(11-14)18(20,21)22/h1-3,5-8,11,24H,4,9-10,12H2,(H,23,25). The molecule has 0 saturated carbocycles. The molecular weight excluding hydrogens is 352 g/mol. The number of halogens is 4. The van der Waals surface area contributed by atoms with Gasteiger partial charge in [-0.2, -0.15) is 13.2 Å². The van der Waals surface area contributed by atoms with Crippen LogP contribution in [0.3, 0.4) is 0 Å². The summed E-state index contributed by atoms with van der Waals surface area (Å²) in [5.74, 6) is -0.680. The fraction of sp³-hybridized carbons (Fsp3) is 0.278. The normalized spacial score (nSPS) is 11.1. The smallest absolute Gasteiger partial charge is 0.416 e. The molecule has 0 aromatic heterocycles. The van der Waals surface area contributed by atoms with Crippen molar-refractivity contribution in [2.45, 2.75) is 12.6 Å². The van der Waals surface area contributed by atoms with Crippen molar-refractivity contribution in [2.24, 2.45) is 0 Å². The summed E-state index contributed by atoms with van der Waals surface area (Å²) in [6, 6.07) is 10.6. The van der Waals surface area contributed by atoms with Crippen molar-refractivity contribution in [3.8, 4) is 5.75 Å². The van der Waals surface area contributed by atoms with E-state index >= 15 is 0 Å². The van der Waals surface area contributed by atoms with Crippen molar-refractivity contribution in [3.05, 3.63) is 59.9 Å². The first kappa shape index (κ1) is 19.6. The third kappa shape index (κ3) is 6.27. The van der Waals surface area contributed by atoms with Crippen LogP contribution in [0.2, 0.25) is 0 Å². The highest BCUT2D eigenvalue weighted by Gasteiger charge is 2.30. The molecule has 0 atom stereocenters. The van der Waals surface area contributed by atoms with Gasteiger partial charge in [-0.25, -0.2) is 4.39 Å². The molecule has 8 heteroatoms. The van der Waals surface area contributed by atoms with Crippen molar-refractivity contribution < 1.29 is 27.1 Å². The van der Waals surface area contributed by atoms with E-state index in [1.807, 2.05) is 0 Å². The number of carbonyl (C=O) groups excluding carboxylic acids is 1. The molecule has 0 heterocycles. The van der Waals surface area contributed by atoms with E-state index < -0.39 is 17.6 Å². The number of benzene rings is 2. The molecule has 0 radical (unpaired) electrons. The average molecular weight is 370 g/mol. The number of carbonyl (C=O) groups is 1. The monoisotopic (exact) mass is 370 g/mol. The van der Waals surface area contributed by atoms with Gasteiger partial charge in [0.05, 0.1) is 18.7 Å². The molecule has 0 aliphatic rings. The van der Waals surface area contributed by atoms with E-state index in [-0.39, 0.29) is 30.5 Å². The predicted molar refractivity (Wildman–Crippen MR) is 89.5 cm³/mol. The number of ether oxygens (including phenoxy) is 1. The van der Waals surface area contributed by atoms with Crippen LogP contribution in [0.5, 0.6) is 5.75 Å². The Morgan fingerprint density at radius 1 is 1.08 bits per heavy atom. The molecule has 0 aliphatic heterocycles. The number of hydrogen-bond acceptors (Lipinski definition) is 3. The third-order valence-corrected chi connectivity index (χ3v) is 3.38. The maximum atomic E-state index is 13.3. The second-order valence-electron chi connectivity index (χ2n) is 5.41. The minimum absolute atomic E-state index is 0.144. The van der Waals surface area contributed by atoms with Crippen LogP contribution in [0.1, 0.15) is 12.0 Å². The van der Waals surface area contributed by atoms with Gasteiger partial charge in [-0.05, 0) is 36.8 Å². The van der Waals surface area contributed by atoms with Gasteiger partial charge >= 0.3 is 6.18 Å². The van der Waals surface area contributed by atoms with E-state index in [0.717, 1.165) is 12.1 Å². The predicted octanol–water partition coefficient (Wildman–Crippen LogP) is 3.84. The van der Waals surface area contributed by atoms with Crippen LogP contribution in [-0.2, 0) is 11.0 Å². The number of para-hydroxylation sites is 1. The fourth-order valence-electron chi connectivity index (χ4n) is 2.09. The Labute approximate surface area is 148 Å². The molecule has 0 saturated heterocycles. The maximum Gasteiger partial charge on any atom is 0.416 e. The summed E-state index contributed by atoms with van der Waals surface area (Å²) >= 11 is 0. The number of nitrogens with one attached hydrogen (secondary N) is 2. The SMILES string of the molecule is O=C(CNc1cccc(C(F)(F)F)c1)NCCCOc1ccccc1F. The molecule has 2 N–H and O–H groups in total. The van der Waals surface area contributed by atoms with Crippen LogP contribution < -0.4 is 15.4 Å². The molecule has 26 heavy (non-hydrogen) atoms. The molecule has 2 aromatic rings. The molecular formula is C18H18F4N2O2. The summed E-state index contributed by atoms with van der Waals surface area (Å²) in [4.78, 5) is 11.7. The minimum atomic E-state index is -4.43. The first-order valence-corrected chi connectivity index (χ1v) is 7.91. The number of anilines is 1. The van der Waals surface area contributed by atoms with Gasteiger partial charge in [-0.15, -0.1) is 0 Å². The second kappa shape index (κ2) is 9.07. The van der Waals surface area contributed by atoms with E-state index in [2.05, 4.69) is 10.6 Å². The number of rotatable bonds is 8. The fourth-order valence-corrected chi connectivity index (χ4v) is 2.09. The topological polar surface area (TPSA) is 50.4 Å². The third-order valence-electron chi connectivity index (χ3n) is 3.38. The first-order chi connectivity index (χ1) is 12.4. The molecule has 2 rings (SSSR count). The van der Waals surface area contributed by atoms with Crippen LogP contribution >= 0.6 is 0 Å². The summed E-state index contributed by atoms with van der Waals surface area (Å²) in [5, 5.41) is 5.24. The van der Waals surface area contributed by atoms with E-state index in [1.54, 1.807) is 12.1 Å². The van der Waals surface area contributed by atoms with Crippen LogP contribution in [0, 0.1) is 5.82 Å². The zero-order chi connectivity index (χ0) is 19.0. The van der Waals surface area contributed by atoms with Gasteiger partial charge in [0, 0.05) is 12.2 Å². The van der Waals surface area contributed by atoms with Gasteiger partial charge in [0.15, 0.2) is 11.6 Å². The largest absolute Gasteiger partial charge is 0.490 e. The minimum Gasteiger partial charge on any atom is -0.490 e. The Bertz CT molecular complexity index is 735. The second-order valence-corrected chi connectivity index (χ2v) is 5.41. The van der Waals surface area contributed by atoms with Crippen molar-refractivity contribution in [1.82, 2.24) is 5.32 Å². The maximum absolute atomic E-state index is 13.3. The van der Waals surface area contributed by atoms with E-state index in [1.165, 1.54) is 24.3 Å². The van der Waals surface area contributed by atoms with Crippen LogP contribution in [0.4, 0.5) is 23.2 Å². The summed E-state index contributed by atoms with van der Waals surface area (Å²) in [7, 11) is 0. The average Bonchev–Trinajstić information content (AvgIpc) is 2.61. The lowest BCUT2D eigenvalue weighted by Gasteiger charge is -2.11. The molecule has 0 unspecified atom stereocenters. The number of amides is 1. The molecule has 2 aromatic carbocycles. The number of alkyl halides is 3. The van der Waals surface area contributed by atoms with Crippen LogP contribution in [0.15, 0.2) is 48.5 Å². The highest BCUT2D eigenvalue weighted by Crippen LogP contribution is 2.30. The van der Waals surface area contributed by atoms with Gasteiger partial charge in [-0.3, -0.25) is 4.79 Å². The summed E-state index contributed by atoms with van der Waals surface area (Å²) in [6.45, 7) is 0.370. The molecule has 140 valence electrons. The summed E-state index contributed by atoms with van der Waals surface area (Å²) in [5.41, 5.74) is -0.578. The van der Waals surface area contributed by atoms with Crippen molar-refractivity contribution in [3.63, 3.8) is 0 Å². The molecule has 0 bridgehead atoms. The first-order valence-electron chi connectivity index (χ1n) is 7.91. The van der Waals surface area contributed by atoms with Crippen LogP contribution in [-0.4, -0.2) is 25.6 Å². The van der Waals surface area contributed by atoms with E-state index in [4.69, 9.17) is 4.74 Å². The lowest BCUT2D eigenvalue weighted by Crippen LogP contribution is -2.31. The quantitative estimate of drug-likeness (QED) is 0.548. The van der Waals surface area contributed by atoms with Gasteiger partial charge in [0.1, 0.15) is 0 Å². The molecule has 1 amide bonds. The Morgan fingerprint density at radius 2 is 1.85 bits per heavy atom. The highest BCUT2D eigenvalue weighted by atomic mass is 19.4. The lowest BCUT2D eigenvalue weighted by molar-refractivity contribution is -0.137. The molecule has 0 aliphatic carbocycles. The van der Waals surface area contributed by atoms with E-state index in [9.17, 15) is 22.4 Å².